The van der Waals surface area contributed by atoms with Crippen LogP contribution in [0.2, 0.25) is 15.1 Å². The Bertz CT molecular complexity index is 1050. The molecule has 4 rings (SSSR count). The molecule has 0 bridgehead atoms. The van der Waals surface area contributed by atoms with E-state index in [9.17, 15) is 9.90 Å². The van der Waals surface area contributed by atoms with Crippen LogP contribution in [0.1, 0.15) is 29.8 Å². The van der Waals surface area contributed by atoms with Gasteiger partial charge in [0.25, 0.3) is 5.91 Å². The van der Waals surface area contributed by atoms with Crippen molar-refractivity contribution in [2.75, 3.05) is 0 Å². The highest BCUT2D eigenvalue weighted by Gasteiger charge is 2.28. The molecule has 1 heterocycles. The SMILES string of the molecule is O=C(N[C@H]1CCC[C@@H]1O)c1cn(-c2ccc(Cl)cc2)c(-c2ccc(Cl)cc2Cl)n1. The Hall–Kier alpha value is -2.05. The lowest BCUT2D eigenvalue weighted by molar-refractivity contribution is 0.0869. The fraction of sp³-hybridized carbons (Fsp3) is 0.238. The van der Waals surface area contributed by atoms with Gasteiger partial charge >= 0.3 is 0 Å². The molecule has 0 radical (unpaired) electrons. The van der Waals surface area contributed by atoms with Crippen LogP contribution in [0.25, 0.3) is 17.1 Å². The number of rotatable bonds is 4. The second kappa shape index (κ2) is 8.36. The zero-order chi connectivity index (χ0) is 20.5. The van der Waals surface area contributed by atoms with E-state index in [-0.39, 0.29) is 17.6 Å². The van der Waals surface area contributed by atoms with Gasteiger partial charge in [-0.2, -0.15) is 0 Å². The maximum atomic E-state index is 12.8. The van der Waals surface area contributed by atoms with Gasteiger partial charge in [-0.05, 0) is 61.7 Å². The number of hydrogen-bond donors (Lipinski definition) is 2. The van der Waals surface area contributed by atoms with Crippen molar-refractivity contribution in [1.29, 1.82) is 0 Å². The fourth-order valence-corrected chi connectivity index (χ4v) is 4.12. The third-order valence-corrected chi connectivity index (χ3v) is 5.81. The lowest BCUT2D eigenvalue weighted by Crippen LogP contribution is -2.40. The van der Waals surface area contributed by atoms with E-state index in [0.717, 1.165) is 18.5 Å². The first-order valence-electron chi connectivity index (χ1n) is 9.22. The van der Waals surface area contributed by atoms with Crippen LogP contribution in [-0.4, -0.2) is 32.7 Å². The number of aliphatic hydroxyl groups is 1. The summed E-state index contributed by atoms with van der Waals surface area (Å²) in [7, 11) is 0. The molecular weight excluding hydrogens is 433 g/mol. The summed E-state index contributed by atoms with van der Waals surface area (Å²) in [6, 6.07) is 12.1. The zero-order valence-electron chi connectivity index (χ0n) is 15.3. The average Bonchev–Trinajstić information content (AvgIpc) is 3.29. The molecule has 0 unspecified atom stereocenters. The Morgan fingerprint density at radius 3 is 2.45 bits per heavy atom. The van der Waals surface area contributed by atoms with Gasteiger partial charge < -0.3 is 10.4 Å². The minimum atomic E-state index is -0.525. The van der Waals surface area contributed by atoms with Gasteiger partial charge in [-0.1, -0.05) is 34.8 Å². The monoisotopic (exact) mass is 449 g/mol. The molecule has 0 aliphatic heterocycles. The van der Waals surface area contributed by atoms with Gasteiger partial charge in [-0.25, -0.2) is 4.98 Å². The quantitative estimate of drug-likeness (QED) is 0.578. The molecule has 1 saturated carbocycles. The van der Waals surface area contributed by atoms with Gasteiger partial charge in [0.05, 0.1) is 17.2 Å². The molecular formula is C21H18Cl3N3O2. The summed E-state index contributed by atoms with van der Waals surface area (Å²) >= 11 is 18.4. The Balaban J connectivity index is 1.76. The van der Waals surface area contributed by atoms with Crippen molar-refractivity contribution in [3.05, 3.63) is 69.4 Å². The summed E-state index contributed by atoms with van der Waals surface area (Å²) in [6.45, 7) is 0. The third-order valence-electron chi connectivity index (χ3n) is 5.01. The van der Waals surface area contributed by atoms with Crippen LogP contribution >= 0.6 is 34.8 Å². The maximum absolute atomic E-state index is 12.8. The first kappa shape index (κ1) is 20.2. The van der Waals surface area contributed by atoms with E-state index in [1.165, 1.54) is 0 Å². The normalized spacial score (nSPS) is 18.8. The number of halogens is 3. The summed E-state index contributed by atoms with van der Waals surface area (Å²) < 4.78 is 1.78. The number of benzene rings is 2. The number of carbonyl (C=O) groups is 1. The maximum Gasteiger partial charge on any atom is 0.271 e. The molecule has 2 atom stereocenters. The van der Waals surface area contributed by atoms with Crippen LogP contribution in [0.5, 0.6) is 0 Å². The molecule has 3 aromatic rings. The van der Waals surface area contributed by atoms with Crippen molar-refractivity contribution in [3.8, 4) is 17.1 Å². The van der Waals surface area contributed by atoms with E-state index in [4.69, 9.17) is 34.8 Å². The number of carbonyl (C=O) groups excluding carboxylic acids is 1. The largest absolute Gasteiger partial charge is 0.391 e. The fourth-order valence-electron chi connectivity index (χ4n) is 3.50. The predicted octanol–water partition coefficient (Wildman–Crippen LogP) is 5.14. The van der Waals surface area contributed by atoms with Crippen LogP contribution in [-0.2, 0) is 0 Å². The number of aliphatic hydroxyl groups excluding tert-OH is 1. The van der Waals surface area contributed by atoms with Gasteiger partial charge in [-0.15, -0.1) is 0 Å². The van der Waals surface area contributed by atoms with Gasteiger partial charge in [-0.3, -0.25) is 9.36 Å². The number of amides is 1. The molecule has 1 aliphatic carbocycles. The molecule has 2 aromatic carbocycles. The Morgan fingerprint density at radius 2 is 1.79 bits per heavy atom. The topological polar surface area (TPSA) is 67.2 Å². The van der Waals surface area contributed by atoms with Gasteiger partial charge in [0.1, 0.15) is 11.5 Å². The van der Waals surface area contributed by atoms with E-state index < -0.39 is 6.10 Å². The van der Waals surface area contributed by atoms with E-state index >= 15 is 0 Å². The lowest BCUT2D eigenvalue weighted by Gasteiger charge is -2.15. The molecule has 1 fully saturated rings. The molecule has 1 amide bonds. The van der Waals surface area contributed by atoms with Crippen molar-refractivity contribution in [3.63, 3.8) is 0 Å². The summed E-state index contributed by atoms with van der Waals surface area (Å²) in [4.78, 5) is 17.3. The molecule has 1 aromatic heterocycles. The lowest BCUT2D eigenvalue weighted by atomic mass is 10.2. The highest BCUT2D eigenvalue weighted by atomic mass is 35.5. The molecule has 0 spiro atoms. The highest BCUT2D eigenvalue weighted by molar-refractivity contribution is 6.36. The standard InChI is InChI=1S/C21H18Cl3N3O2/c22-12-4-7-14(8-5-12)27-11-18(21(29)26-17-2-1-3-19(17)28)25-20(27)15-9-6-13(23)10-16(15)24/h4-11,17,19,28H,1-3H2,(H,26,29)/t17-,19-/m0/s1. The van der Waals surface area contributed by atoms with Crippen LogP contribution < -0.4 is 5.32 Å². The first-order valence-corrected chi connectivity index (χ1v) is 10.4. The Labute approximate surface area is 183 Å². The minimum Gasteiger partial charge on any atom is -0.391 e. The average molecular weight is 451 g/mol. The molecule has 8 heteroatoms. The van der Waals surface area contributed by atoms with Crippen molar-refractivity contribution >= 4 is 40.7 Å². The van der Waals surface area contributed by atoms with Gasteiger partial charge in [0, 0.05) is 27.5 Å². The molecule has 5 nitrogen and oxygen atoms in total. The van der Waals surface area contributed by atoms with E-state index in [0.29, 0.717) is 32.9 Å². The van der Waals surface area contributed by atoms with Gasteiger partial charge in [0.15, 0.2) is 0 Å². The second-order valence-corrected chi connectivity index (χ2v) is 8.28. The summed E-state index contributed by atoms with van der Waals surface area (Å²) in [6.07, 6.45) is 3.45. The number of imidazole rings is 1. The summed E-state index contributed by atoms with van der Waals surface area (Å²) in [5, 5.41) is 14.4. The number of hydrogen-bond acceptors (Lipinski definition) is 3. The molecule has 29 heavy (non-hydrogen) atoms. The first-order chi connectivity index (χ1) is 13.9. The third kappa shape index (κ3) is 4.28. The Kier molecular flexibility index (Phi) is 5.83. The van der Waals surface area contributed by atoms with Crippen LogP contribution in [0.4, 0.5) is 0 Å². The number of aromatic nitrogens is 2. The Morgan fingerprint density at radius 1 is 1.07 bits per heavy atom. The van der Waals surface area contributed by atoms with E-state index in [1.807, 2.05) is 12.1 Å². The van der Waals surface area contributed by atoms with Crippen LogP contribution in [0, 0.1) is 0 Å². The zero-order valence-corrected chi connectivity index (χ0v) is 17.5. The van der Waals surface area contributed by atoms with E-state index in [1.54, 1.807) is 41.1 Å². The van der Waals surface area contributed by atoms with Crippen molar-refractivity contribution in [2.45, 2.75) is 31.4 Å². The number of nitrogens with zero attached hydrogens (tertiary/aromatic N) is 2. The predicted molar refractivity (Wildman–Crippen MR) is 115 cm³/mol. The minimum absolute atomic E-state index is 0.236. The number of nitrogens with one attached hydrogen (secondary N) is 1. The van der Waals surface area contributed by atoms with Crippen LogP contribution in [0.15, 0.2) is 48.7 Å². The van der Waals surface area contributed by atoms with Crippen molar-refractivity contribution in [1.82, 2.24) is 14.9 Å². The second-order valence-electron chi connectivity index (χ2n) is 7.00. The molecule has 2 N–H and O–H groups in total. The van der Waals surface area contributed by atoms with Crippen LogP contribution in [0.3, 0.4) is 0 Å². The van der Waals surface area contributed by atoms with Gasteiger partial charge in [0.2, 0.25) is 0 Å². The van der Waals surface area contributed by atoms with E-state index in [2.05, 4.69) is 10.3 Å². The summed E-state index contributed by atoms with van der Waals surface area (Å²) in [5.74, 6) is 0.168. The molecule has 1 aliphatic rings. The summed E-state index contributed by atoms with van der Waals surface area (Å²) in [5.41, 5.74) is 1.66. The van der Waals surface area contributed by atoms with Crippen molar-refractivity contribution < 1.29 is 9.90 Å². The smallest absolute Gasteiger partial charge is 0.271 e. The van der Waals surface area contributed by atoms with Crippen molar-refractivity contribution in [2.24, 2.45) is 0 Å². The molecule has 150 valence electrons. The molecule has 0 saturated heterocycles. The highest BCUT2D eigenvalue weighted by Crippen LogP contribution is 2.32.